The van der Waals surface area contributed by atoms with Crippen LogP contribution in [0.3, 0.4) is 0 Å². The number of nitrogens with one attached hydrogen (secondary N) is 1. The standard InChI is InChI=1S/C26H26Cl2FNO2/c1-17(18-4-8-20(27)9-5-18)24(19-6-12-22(29)13-7-19)16-30-25(31)26(2,3)32-23-14-10-21(28)11-15-23/h4-15,17,24H,16H2,1-3H3,(H,30,31). The molecule has 3 rings (SSSR count). The molecule has 0 saturated carbocycles. The van der Waals surface area contributed by atoms with E-state index in [4.69, 9.17) is 27.9 Å². The second-order valence-electron chi connectivity index (χ2n) is 8.27. The summed E-state index contributed by atoms with van der Waals surface area (Å²) in [6.07, 6.45) is 0. The van der Waals surface area contributed by atoms with E-state index in [1.807, 2.05) is 24.3 Å². The molecule has 0 aliphatic heterocycles. The largest absolute Gasteiger partial charge is 0.478 e. The lowest BCUT2D eigenvalue weighted by atomic mass is 9.82. The predicted octanol–water partition coefficient (Wildman–Crippen LogP) is 6.99. The van der Waals surface area contributed by atoms with E-state index in [0.717, 1.165) is 11.1 Å². The summed E-state index contributed by atoms with van der Waals surface area (Å²) < 4.78 is 19.4. The van der Waals surface area contributed by atoms with Crippen molar-refractivity contribution in [3.63, 3.8) is 0 Å². The Hall–Kier alpha value is -2.56. The Morgan fingerprint density at radius 1 is 0.906 bits per heavy atom. The summed E-state index contributed by atoms with van der Waals surface area (Å²) in [4.78, 5) is 13.0. The molecule has 0 spiro atoms. The highest BCUT2D eigenvalue weighted by atomic mass is 35.5. The molecule has 3 nitrogen and oxygen atoms in total. The number of rotatable bonds is 8. The molecule has 2 atom stereocenters. The Balaban J connectivity index is 1.76. The van der Waals surface area contributed by atoms with Gasteiger partial charge in [-0.2, -0.15) is 0 Å². The van der Waals surface area contributed by atoms with Crippen molar-refractivity contribution in [1.29, 1.82) is 0 Å². The first-order valence-corrected chi connectivity index (χ1v) is 11.1. The molecule has 0 aliphatic rings. The number of halogens is 3. The smallest absolute Gasteiger partial charge is 0.263 e. The quantitative estimate of drug-likeness (QED) is 0.382. The monoisotopic (exact) mass is 473 g/mol. The Labute approximate surface area is 198 Å². The molecule has 0 radical (unpaired) electrons. The third-order valence-electron chi connectivity index (χ3n) is 5.51. The Morgan fingerprint density at radius 3 is 1.97 bits per heavy atom. The van der Waals surface area contributed by atoms with Gasteiger partial charge in [-0.15, -0.1) is 0 Å². The van der Waals surface area contributed by atoms with Crippen LogP contribution in [0.1, 0.15) is 43.7 Å². The SMILES string of the molecule is CC(c1ccc(Cl)cc1)C(CNC(=O)C(C)(C)Oc1ccc(Cl)cc1)c1ccc(F)cc1. The second-order valence-corrected chi connectivity index (χ2v) is 9.15. The van der Waals surface area contributed by atoms with Gasteiger partial charge in [0.15, 0.2) is 5.60 Å². The molecule has 6 heteroatoms. The number of benzene rings is 3. The minimum absolute atomic E-state index is 0.0540. The molecule has 0 saturated heterocycles. The molecule has 32 heavy (non-hydrogen) atoms. The summed E-state index contributed by atoms with van der Waals surface area (Å²) in [5, 5.41) is 4.28. The van der Waals surface area contributed by atoms with Crippen LogP contribution >= 0.6 is 23.2 Å². The highest BCUT2D eigenvalue weighted by Crippen LogP contribution is 2.33. The van der Waals surface area contributed by atoms with Crippen molar-refractivity contribution < 1.29 is 13.9 Å². The lowest BCUT2D eigenvalue weighted by molar-refractivity contribution is -0.134. The molecule has 1 amide bonds. The van der Waals surface area contributed by atoms with Gasteiger partial charge in [-0.05, 0) is 79.4 Å². The Morgan fingerprint density at radius 2 is 1.41 bits per heavy atom. The lowest BCUT2D eigenvalue weighted by Crippen LogP contribution is -2.47. The summed E-state index contributed by atoms with van der Waals surface area (Å²) in [6, 6.07) is 20.9. The van der Waals surface area contributed by atoms with Crippen molar-refractivity contribution in [2.45, 2.75) is 38.2 Å². The molecule has 168 valence electrons. The van der Waals surface area contributed by atoms with Crippen LogP contribution in [0, 0.1) is 5.82 Å². The number of carbonyl (C=O) groups excluding carboxylic acids is 1. The fraction of sp³-hybridized carbons (Fsp3) is 0.269. The average molecular weight is 474 g/mol. The number of hydrogen-bond donors (Lipinski definition) is 1. The second kappa shape index (κ2) is 10.4. The molecule has 0 aromatic heterocycles. The van der Waals surface area contributed by atoms with Crippen LogP contribution in [-0.2, 0) is 4.79 Å². The van der Waals surface area contributed by atoms with Crippen LogP contribution in [-0.4, -0.2) is 18.1 Å². The summed E-state index contributed by atoms with van der Waals surface area (Å²) >= 11 is 12.0. The fourth-order valence-electron chi connectivity index (χ4n) is 3.55. The number of amides is 1. The highest BCUT2D eigenvalue weighted by molar-refractivity contribution is 6.30. The van der Waals surface area contributed by atoms with Gasteiger partial charge in [-0.1, -0.05) is 54.4 Å². The number of hydrogen-bond acceptors (Lipinski definition) is 2. The van der Waals surface area contributed by atoms with Crippen molar-refractivity contribution in [3.05, 3.63) is 99.8 Å². The van der Waals surface area contributed by atoms with Gasteiger partial charge in [0.05, 0.1) is 0 Å². The fourth-order valence-corrected chi connectivity index (χ4v) is 3.80. The zero-order chi connectivity index (χ0) is 23.3. The minimum Gasteiger partial charge on any atom is -0.478 e. The Kier molecular flexibility index (Phi) is 7.81. The maximum absolute atomic E-state index is 13.5. The van der Waals surface area contributed by atoms with Crippen LogP contribution in [0.15, 0.2) is 72.8 Å². The third-order valence-corrected chi connectivity index (χ3v) is 6.02. The van der Waals surface area contributed by atoms with E-state index in [0.29, 0.717) is 22.3 Å². The predicted molar refractivity (Wildman–Crippen MR) is 128 cm³/mol. The summed E-state index contributed by atoms with van der Waals surface area (Å²) in [6.45, 7) is 5.87. The molecule has 1 N–H and O–H groups in total. The van der Waals surface area contributed by atoms with E-state index in [2.05, 4.69) is 12.2 Å². The van der Waals surface area contributed by atoms with Crippen LogP contribution in [0.25, 0.3) is 0 Å². The molecule has 0 heterocycles. The molecule has 0 aliphatic carbocycles. The first-order chi connectivity index (χ1) is 15.2. The van der Waals surface area contributed by atoms with Gasteiger partial charge in [0.2, 0.25) is 0 Å². The van der Waals surface area contributed by atoms with Gasteiger partial charge in [-0.25, -0.2) is 4.39 Å². The normalized spacial score (nSPS) is 13.3. The van der Waals surface area contributed by atoms with Crippen molar-refractivity contribution in [2.24, 2.45) is 0 Å². The summed E-state index contributed by atoms with van der Waals surface area (Å²) in [5.74, 6) is -0.0133. The first-order valence-electron chi connectivity index (χ1n) is 10.4. The van der Waals surface area contributed by atoms with Crippen LogP contribution in [0.4, 0.5) is 4.39 Å². The average Bonchev–Trinajstić information content (AvgIpc) is 2.76. The van der Waals surface area contributed by atoms with E-state index < -0.39 is 5.60 Å². The van der Waals surface area contributed by atoms with Gasteiger partial charge < -0.3 is 10.1 Å². The van der Waals surface area contributed by atoms with Gasteiger partial charge >= 0.3 is 0 Å². The van der Waals surface area contributed by atoms with Gasteiger partial charge in [-0.3, -0.25) is 4.79 Å². The third kappa shape index (κ3) is 6.24. The van der Waals surface area contributed by atoms with Crippen molar-refractivity contribution in [1.82, 2.24) is 5.32 Å². The van der Waals surface area contributed by atoms with Gasteiger partial charge in [0, 0.05) is 22.5 Å². The maximum Gasteiger partial charge on any atom is 0.263 e. The zero-order valence-corrected chi connectivity index (χ0v) is 19.8. The lowest BCUT2D eigenvalue weighted by Gasteiger charge is -2.29. The maximum atomic E-state index is 13.5. The van der Waals surface area contributed by atoms with E-state index in [1.165, 1.54) is 12.1 Å². The summed E-state index contributed by atoms with van der Waals surface area (Å²) in [7, 11) is 0. The first kappa shape index (κ1) is 24.1. The van der Waals surface area contributed by atoms with Crippen molar-refractivity contribution in [2.75, 3.05) is 6.54 Å². The highest BCUT2D eigenvalue weighted by Gasteiger charge is 2.31. The molecule has 3 aromatic rings. The molecule has 2 unspecified atom stereocenters. The van der Waals surface area contributed by atoms with E-state index in [9.17, 15) is 9.18 Å². The molecule has 0 fully saturated rings. The Bertz CT molecular complexity index is 1030. The minimum atomic E-state index is -1.09. The van der Waals surface area contributed by atoms with Gasteiger partial charge in [0.1, 0.15) is 11.6 Å². The van der Waals surface area contributed by atoms with E-state index >= 15 is 0 Å². The van der Waals surface area contributed by atoms with Crippen molar-refractivity contribution in [3.8, 4) is 5.75 Å². The zero-order valence-electron chi connectivity index (χ0n) is 18.2. The van der Waals surface area contributed by atoms with E-state index in [1.54, 1.807) is 50.2 Å². The topological polar surface area (TPSA) is 38.3 Å². The van der Waals surface area contributed by atoms with Crippen LogP contribution < -0.4 is 10.1 Å². The number of ether oxygens (including phenoxy) is 1. The molecule has 0 bridgehead atoms. The van der Waals surface area contributed by atoms with E-state index in [-0.39, 0.29) is 23.6 Å². The number of carbonyl (C=O) groups is 1. The van der Waals surface area contributed by atoms with Crippen molar-refractivity contribution >= 4 is 29.1 Å². The molecule has 3 aromatic carbocycles. The summed E-state index contributed by atoms with van der Waals surface area (Å²) in [5.41, 5.74) is 0.922. The molecular formula is C26H26Cl2FNO2. The van der Waals surface area contributed by atoms with Crippen LogP contribution in [0.2, 0.25) is 10.0 Å². The molecular weight excluding hydrogens is 448 g/mol. The van der Waals surface area contributed by atoms with Crippen LogP contribution in [0.5, 0.6) is 5.75 Å². The van der Waals surface area contributed by atoms with Gasteiger partial charge in [0.25, 0.3) is 5.91 Å².